The summed E-state index contributed by atoms with van der Waals surface area (Å²) in [6, 6.07) is 15.2. The molecule has 1 N–H and O–H groups in total. The highest BCUT2D eigenvalue weighted by Crippen LogP contribution is 2.31. The van der Waals surface area contributed by atoms with Crippen LogP contribution in [-0.2, 0) is 9.59 Å². The van der Waals surface area contributed by atoms with Crippen LogP contribution < -0.4 is 5.32 Å². The zero-order chi connectivity index (χ0) is 23.3. The minimum Gasteiger partial charge on any atom is -0.342 e. The van der Waals surface area contributed by atoms with Gasteiger partial charge in [-0.05, 0) is 53.6 Å². The number of anilines is 1. The summed E-state index contributed by atoms with van der Waals surface area (Å²) in [5.74, 6) is 0.601. The fourth-order valence-corrected chi connectivity index (χ4v) is 6.25. The molecule has 1 saturated heterocycles. The van der Waals surface area contributed by atoms with Gasteiger partial charge in [0.15, 0.2) is 4.34 Å². The molecule has 1 aliphatic heterocycles. The van der Waals surface area contributed by atoms with Crippen LogP contribution in [-0.4, -0.2) is 66.5 Å². The van der Waals surface area contributed by atoms with E-state index in [4.69, 9.17) is 0 Å². The van der Waals surface area contributed by atoms with Gasteiger partial charge in [-0.15, -0.1) is 16.4 Å². The van der Waals surface area contributed by atoms with Crippen molar-refractivity contribution in [3.8, 4) is 5.69 Å². The van der Waals surface area contributed by atoms with Gasteiger partial charge in [0.2, 0.25) is 17.0 Å². The third-order valence-corrected chi connectivity index (χ3v) is 8.27. The van der Waals surface area contributed by atoms with Crippen LogP contribution in [0.3, 0.4) is 0 Å². The van der Waals surface area contributed by atoms with Crippen LogP contribution in [0.15, 0.2) is 58.0 Å². The Morgan fingerprint density at radius 3 is 2.68 bits per heavy atom. The Balaban J connectivity index is 1.17. The molecule has 0 unspecified atom stereocenters. The fourth-order valence-electron chi connectivity index (χ4n) is 3.55. The molecule has 0 saturated carbocycles. The van der Waals surface area contributed by atoms with Gasteiger partial charge in [0, 0.05) is 18.8 Å². The number of aromatic nitrogens is 5. The number of benzene rings is 2. The van der Waals surface area contributed by atoms with Crippen LogP contribution >= 0.6 is 34.9 Å². The number of rotatable bonds is 8. The topological polar surface area (TPSA) is 106 Å². The number of nitrogens with zero attached hydrogens (tertiary/aromatic N) is 6. The number of thioether (sulfide) groups is 2. The third-order valence-electron chi connectivity index (χ3n) is 5.20. The van der Waals surface area contributed by atoms with E-state index in [1.54, 1.807) is 4.68 Å². The van der Waals surface area contributed by atoms with E-state index in [2.05, 4.69) is 25.8 Å². The van der Waals surface area contributed by atoms with E-state index in [9.17, 15) is 9.59 Å². The summed E-state index contributed by atoms with van der Waals surface area (Å²) in [5.41, 5.74) is 2.39. The summed E-state index contributed by atoms with van der Waals surface area (Å²) >= 11 is 4.27. The van der Waals surface area contributed by atoms with E-state index >= 15 is 0 Å². The molecule has 12 heteroatoms. The smallest absolute Gasteiger partial charge is 0.234 e. The average Bonchev–Trinajstić information content (AvgIpc) is 3.62. The molecule has 0 spiro atoms. The number of nitrogens with one attached hydrogen (secondary N) is 1. The maximum absolute atomic E-state index is 12.5. The van der Waals surface area contributed by atoms with E-state index in [1.165, 1.54) is 34.9 Å². The predicted octanol–water partition coefficient (Wildman–Crippen LogP) is 3.72. The molecule has 174 valence electrons. The van der Waals surface area contributed by atoms with Crippen molar-refractivity contribution < 1.29 is 9.59 Å². The molecule has 2 aromatic heterocycles. The largest absolute Gasteiger partial charge is 0.342 e. The standard InChI is InChI=1S/C22H21N7O2S3/c30-19(13-32-21-25-26-27-29(21)16-6-2-1-3-7-16)23-15-8-9-17-18(12-15)34-22(24-17)33-14-20(31)28-10-4-5-11-28/h1-3,6-9,12H,4-5,10-11,13-14H2,(H,23,30). The van der Waals surface area contributed by atoms with Crippen LogP contribution in [0.1, 0.15) is 12.8 Å². The molecule has 2 aromatic carbocycles. The molecule has 9 nitrogen and oxygen atoms in total. The number of tetrazole rings is 1. The van der Waals surface area contributed by atoms with Crippen LogP contribution in [0.25, 0.3) is 15.9 Å². The lowest BCUT2D eigenvalue weighted by Crippen LogP contribution is -2.29. The Morgan fingerprint density at radius 2 is 1.85 bits per heavy atom. The minimum atomic E-state index is -0.151. The van der Waals surface area contributed by atoms with Crippen LogP contribution in [0.5, 0.6) is 0 Å². The fraction of sp³-hybridized carbons (Fsp3) is 0.273. The second kappa shape index (κ2) is 10.5. The van der Waals surface area contributed by atoms with E-state index in [1.807, 2.05) is 53.4 Å². The van der Waals surface area contributed by atoms with Gasteiger partial charge in [0.25, 0.3) is 0 Å². The zero-order valence-corrected chi connectivity index (χ0v) is 20.5. The second-order valence-electron chi connectivity index (χ2n) is 7.58. The normalized spacial score (nSPS) is 13.5. The summed E-state index contributed by atoms with van der Waals surface area (Å²) < 4.78 is 3.43. The molecule has 0 atom stereocenters. The molecule has 0 aliphatic carbocycles. The highest BCUT2D eigenvalue weighted by atomic mass is 32.2. The van der Waals surface area contributed by atoms with Crippen molar-refractivity contribution in [1.29, 1.82) is 0 Å². The maximum Gasteiger partial charge on any atom is 0.234 e. The van der Waals surface area contributed by atoms with Crippen molar-refractivity contribution >= 4 is 62.6 Å². The van der Waals surface area contributed by atoms with Crippen LogP contribution in [0.2, 0.25) is 0 Å². The number of carbonyl (C=O) groups excluding carboxylic acids is 2. The number of carbonyl (C=O) groups is 2. The first kappa shape index (κ1) is 22.8. The number of fused-ring (bicyclic) bond motifs is 1. The predicted molar refractivity (Wildman–Crippen MR) is 135 cm³/mol. The summed E-state index contributed by atoms with van der Waals surface area (Å²) in [7, 11) is 0. The summed E-state index contributed by atoms with van der Waals surface area (Å²) in [4.78, 5) is 31.3. The minimum absolute atomic E-state index is 0.151. The van der Waals surface area contributed by atoms with Gasteiger partial charge in [-0.25, -0.2) is 4.98 Å². The number of likely N-dealkylation sites (tertiary alicyclic amines) is 1. The average molecular weight is 512 g/mol. The number of hydrogen-bond acceptors (Lipinski definition) is 9. The number of thiazole rings is 1. The van der Waals surface area contributed by atoms with E-state index in [0.717, 1.165) is 46.2 Å². The van der Waals surface area contributed by atoms with Gasteiger partial charge < -0.3 is 10.2 Å². The van der Waals surface area contributed by atoms with Gasteiger partial charge >= 0.3 is 0 Å². The lowest BCUT2D eigenvalue weighted by molar-refractivity contribution is -0.127. The zero-order valence-electron chi connectivity index (χ0n) is 18.1. The second-order valence-corrected chi connectivity index (χ2v) is 10.8. The first-order chi connectivity index (χ1) is 16.7. The van der Waals surface area contributed by atoms with E-state index < -0.39 is 0 Å². The molecular weight excluding hydrogens is 490 g/mol. The van der Waals surface area contributed by atoms with E-state index in [0.29, 0.717) is 16.6 Å². The number of para-hydroxylation sites is 1. The van der Waals surface area contributed by atoms with Crippen molar-refractivity contribution in [2.45, 2.75) is 22.3 Å². The Morgan fingerprint density at radius 1 is 1.03 bits per heavy atom. The summed E-state index contributed by atoms with van der Waals surface area (Å²) in [6.45, 7) is 1.73. The van der Waals surface area contributed by atoms with E-state index in [-0.39, 0.29) is 17.6 Å². The van der Waals surface area contributed by atoms with Gasteiger partial charge in [0.1, 0.15) is 0 Å². The first-order valence-corrected chi connectivity index (χ1v) is 13.5. The highest BCUT2D eigenvalue weighted by Gasteiger charge is 2.18. The molecule has 4 aromatic rings. The number of amides is 2. The van der Waals surface area contributed by atoms with Crippen molar-refractivity contribution in [3.63, 3.8) is 0 Å². The van der Waals surface area contributed by atoms with Crippen LogP contribution in [0, 0.1) is 0 Å². The Kier molecular flexibility index (Phi) is 7.07. The molecule has 0 bridgehead atoms. The van der Waals surface area contributed by atoms with Gasteiger partial charge in [-0.1, -0.05) is 41.7 Å². The van der Waals surface area contributed by atoms with Crippen LogP contribution in [0.4, 0.5) is 5.69 Å². The molecule has 0 radical (unpaired) electrons. The molecule has 1 fully saturated rings. The maximum atomic E-state index is 12.5. The molecule has 3 heterocycles. The molecule has 34 heavy (non-hydrogen) atoms. The molecule has 1 aliphatic rings. The Hall–Kier alpha value is -2.96. The SMILES string of the molecule is O=C(CSc1nnnn1-c1ccccc1)Nc1ccc2nc(SCC(=O)N3CCCC3)sc2c1. The lowest BCUT2D eigenvalue weighted by Gasteiger charge is -2.13. The van der Waals surface area contributed by atoms with Gasteiger partial charge in [-0.2, -0.15) is 4.68 Å². The third kappa shape index (κ3) is 5.40. The molecular formula is C22H21N7O2S3. The first-order valence-electron chi connectivity index (χ1n) is 10.7. The Labute approximate surface area is 208 Å². The van der Waals surface area contributed by atoms with Crippen molar-refractivity contribution in [3.05, 3.63) is 48.5 Å². The number of hydrogen-bond donors (Lipinski definition) is 1. The van der Waals surface area contributed by atoms with Crippen molar-refractivity contribution in [1.82, 2.24) is 30.1 Å². The summed E-state index contributed by atoms with van der Waals surface area (Å²) in [6.07, 6.45) is 2.18. The lowest BCUT2D eigenvalue weighted by atomic mass is 10.3. The van der Waals surface area contributed by atoms with Gasteiger partial charge in [0.05, 0.1) is 27.4 Å². The van der Waals surface area contributed by atoms with Crippen molar-refractivity contribution in [2.75, 3.05) is 29.9 Å². The monoisotopic (exact) mass is 511 g/mol. The summed E-state index contributed by atoms with van der Waals surface area (Å²) in [5, 5.41) is 15.2. The molecule has 2 amide bonds. The molecule has 5 rings (SSSR count). The van der Waals surface area contributed by atoms with Gasteiger partial charge in [-0.3, -0.25) is 9.59 Å². The quantitative estimate of drug-likeness (QED) is 0.357. The highest BCUT2D eigenvalue weighted by molar-refractivity contribution is 8.01. The Bertz CT molecular complexity index is 1300. The van der Waals surface area contributed by atoms with Crippen molar-refractivity contribution in [2.24, 2.45) is 0 Å².